The van der Waals surface area contributed by atoms with Crippen molar-refractivity contribution in [3.8, 4) is 6.07 Å². The van der Waals surface area contributed by atoms with Gasteiger partial charge in [0.25, 0.3) is 0 Å². The fraction of sp³-hybridized carbons (Fsp3) is 0.385. The second kappa shape index (κ2) is 5.61. The zero-order valence-electron chi connectivity index (χ0n) is 11.0. The summed E-state index contributed by atoms with van der Waals surface area (Å²) in [5.41, 5.74) is 0.803. The van der Waals surface area contributed by atoms with Crippen molar-refractivity contribution < 1.29 is 13.2 Å². The fourth-order valence-corrected chi connectivity index (χ4v) is 3.59. The molecular weight excluding hydrogens is 278 g/mol. The summed E-state index contributed by atoms with van der Waals surface area (Å²) in [5.74, 6) is -0.311. The number of carbonyl (C=O) groups is 1. The van der Waals surface area contributed by atoms with Crippen molar-refractivity contribution in [2.75, 3.05) is 6.54 Å². The number of nitriles is 1. The molecule has 2 N–H and O–H groups in total. The maximum atomic E-state index is 12.3. The van der Waals surface area contributed by atoms with E-state index in [1.165, 1.54) is 6.07 Å². The molecule has 20 heavy (non-hydrogen) atoms. The van der Waals surface area contributed by atoms with E-state index in [0.717, 1.165) is 6.42 Å². The Morgan fingerprint density at radius 2 is 2.20 bits per heavy atom. The van der Waals surface area contributed by atoms with Crippen LogP contribution in [0.15, 0.2) is 23.1 Å². The number of rotatable bonds is 3. The molecule has 0 bridgehead atoms. The van der Waals surface area contributed by atoms with E-state index >= 15 is 0 Å². The van der Waals surface area contributed by atoms with Crippen molar-refractivity contribution in [2.24, 2.45) is 0 Å². The number of hydrogen-bond donors (Lipinski definition) is 2. The minimum Gasteiger partial charge on any atom is -0.355 e. The van der Waals surface area contributed by atoms with Gasteiger partial charge in [-0.1, -0.05) is 6.07 Å². The number of carbonyl (C=O) groups excluding carboxylic acids is 1. The van der Waals surface area contributed by atoms with Gasteiger partial charge >= 0.3 is 0 Å². The first-order valence-corrected chi connectivity index (χ1v) is 7.73. The Kier molecular flexibility index (Phi) is 4.06. The largest absolute Gasteiger partial charge is 0.355 e. The van der Waals surface area contributed by atoms with E-state index in [1.54, 1.807) is 19.1 Å². The second-order valence-electron chi connectivity index (χ2n) is 4.70. The topological polar surface area (TPSA) is 99.1 Å². The standard InChI is InChI=1S/C13H15N3O3S/c1-9-4-5-10(8-14)7-12(9)20(18,19)16-11-3-2-6-15-13(11)17/h4-5,7,11,16H,2-3,6H2,1H3,(H,15,17). The van der Waals surface area contributed by atoms with Gasteiger partial charge in [-0.3, -0.25) is 4.79 Å². The van der Waals surface area contributed by atoms with Crippen molar-refractivity contribution in [1.82, 2.24) is 10.0 Å². The van der Waals surface area contributed by atoms with E-state index in [4.69, 9.17) is 5.26 Å². The van der Waals surface area contributed by atoms with Crippen molar-refractivity contribution in [2.45, 2.75) is 30.7 Å². The maximum absolute atomic E-state index is 12.3. The fourth-order valence-electron chi connectivity index (χ4n) is 2.09. The molecule has 1 atom stereocenters. The number of benzene rings is 1. The third-order valence-electron chi connectivity index (χ3n) is 3.19. The molecule has 2 rings (SSSR count). The van der Waals surface area contributed by atoms with Crippen LogP contribution in [0.25, 0.3) is 0 Å². The van der Waals surface area contributed by atoms with Gasteiger partial charge in [-0.2, -0.15) is 9.98 Å². The van der Waals surface area contributed by atoms with Crippen LogP contribution in [0.4, 0.5) is 0 Å². The van der Waals surface area contributed by atoms with Gasteiger partial charge < -0.3 is 5.32 Å². The number of sulfonamides is 1. The summed E-state index contributed by atoms with van der Waals surface area (Å²) < 4.78 is 27.1. The van der Waals surface area contributed by atoms with Crippen molar-refractivity contribution in [1.29, 1.82) is 5.26 Å². The quantitative estimate of drug-likeness (QED) is 0.843. The third kappa shape index (κ3) is 2.98. The zero-order chi connectivity index (χ0) is 14.8. The predicted molar refractivity (Wildman–Crippen MR) is 72.2 cm³/mol. The minimum atomic E-state index is -3.82. The number of nitrogens with zero attached hydrogens (tertiary/aromatic N) is 1. The predicted octanol–water partition coefficient (Wildman–Crippen LogP) is 0.424. The third-order valence-corrected chi connectivity index (χ3v) is 4.80. The molecule has 0 radical (unpaired) electrons. The summed E-state index contributed by atoms with van der Waals surface area (Å²) in [7, 11) is -3.82. The van der Waals surface area contributed by atoms with E-state index < -0.39 is 16.1 Å². The van der Waals surface area contributed by atoms with Gasteiger partial charge in [0.2, 0.25) is 15.9 Å². The zero-order valence-corrected chi connectivity index (χ0v) is 11.8. The van der Waals surface area contributed by atoms with Gasteiger partial charge in [0.1, 0.15) is 6.04 Å². The molecule has 1 aliphatic rings. The number of nitrogens with one attached hydrogen (secondary N) is 2. The molecule has 1 aromatic carbocycles. The molecule has 1 saturated heterocycles. The molecule has 0 saturated carbocycles. The van der Waals surface area contributed by atoms with E-state index in [9.17, 15) is 13.2 Å². The van der Waals surface area contributed by atoms with Gasteiger partial charge in [-0.05, 0) is 37.5 Å². The van der Waals surface area contributed by atoms with Crippen molar-refractivity contribution in [3.05, 3.63) is 29.3 Å². The molecule has 106 valence electrons. The highest BCUT2D eigenvalue weighted by molar-refractivity contribution is 7.89. The Bertz CT molecular complexity index is 677. The molecule has 1 heterocycles. The van der Waals surface area contributed by atoms with Gasteiger partial charge in [-0.25, -0.2) is 8.42 Å². The molecule has 1 unspecified atom stereocenters. The summed E-state index contributed by atoms with van der Waals surface area (Å²) in [6.45, 7) is 2.22. The van der Waals surface area contributed by atoms with Gasteiger partial charge in [0.05, 0.1) is 16.5 Å². The molecule has 0 spiro atoms. The highest BCUT2D eigenvalue weighted by Gasteiger charge is 2.28. The Labute approximate surface area is 117 Å². The number of piperidine rings is 1. The molecule has 0 aromatic heterocycles. The highest BCUT2D eigenvalue weighted by atomic mass is 32.2. The van der Waals surface area contributed by atoms with Crippen LogP contribution in [0.1, 0.15) is 24.0 Å². The first kappa shape index (κ1) is 14.5. The Morgan fingerprint density at radius 1 is 1.45 bits per heavy atom. The maximum Gasteiger partial charge on any atom is 0.241 e. The van der Waals surface area contributed by atoms with Gasteiger partial charge in [0, 0.05) is 6.54 Å². The minimum absolute atomic E-state index is 0.0370. The Morgan fingerprint density at radius 3 is 2.85 bits per heavy atom. The van der Waals surface area contributed by atoms with Crippen molar-refractivity contribution >= 4 is 15.9 Å². The second-order valence-corrected chi connectivity index (χ2v) is 6.38. The van der Waals surface area contributed by atoms with Crippen LogP contribution in [0.3, 0.4) is 0 Å². The monoisotopic (exact) mass is 293 g/mol. The number of amides is 1. The normalized spacial score (nSPS) is 19.2. The summed E-state index contributed by atoms with van der Waals surface area (Å²) in [6, 6.07) is 5.61. The SMILES string of the molecule is Cc1ccc(C#N)cc1S(=O)(=O)NC1CCCNC1=O. The summed E-state index contributed by atoms with van der Waals surface area (Å²) in [5, 5.41) is 11.5. The van der Waals surface area contributed by atoms with Crippen LogP contribution < -0.4 is 10.0 Å². The van der Waals surface area contributed by atoms with E-state index in [0.29, 0.717) is 18.5 Å². The van der Waals surface area contributed by atoms with Crippen LogP contribution in [-0.4, -0.2) is 26.9 Å². The van der Waals surface area contributed by atoms with E-state index in [2.05, 4.69) is 10.0 Å². The first-order chi connectivity index (χ1) is 9.44. The lowest BCUT2D eigenvalue weighted by Gasteiger charge is -2.23. The first-order valence-electron chi connectivity index (χ1n) is 6.25. The molecular formula is C13H15N3O3S. The molecule has 1 amide bonds. The molecule has 1 aromatic rings. The lowest BCUT2D eigenvalue weighted by molar-refractivity contribution is -0.124. The van der Waals surface area contributed by atoms with Gasteiger partial charge in [-0.15, -0.1) is 0 Å². The Hall–Kier alpha value is -1.91. The van der Waals surface area contributed by atoms with Crippen molar-refractivity contribution in [3.63, 3.8) is 0 Å². The summed E-state index contributed by atoms with van der Waals surface area (Å²) in [4.78, 5) is 11.7. The highest BCUT2D eigenvalue weighted by Crippen LogP contribution is 2.18. The molecule has 6 nitrogen and oxygen atoms in total. The van der Waals surface area contributed by atoms with E-state index in [-0.39, 0.29) is 16.4 Å². The lowest BCUT2D eigenvalue weighted by atomic mass is 10.1. The molecule has 0 aliphatic carbocycles. The lowest BCUT2D eigenvalue weighted by Crippen LogP contribution is -2.50. The number of aryl methyl sites for hydroxylation is 1. The Balaban J connectivity index is 2.31. The van der Waals surface area contributed by atoms with E-state index in [1.807, 2.05) is 6.07 Å². The smallest absolute Gasteiger partial charge is 0.241 e. The average Bonchev–Trinajstić information content (AvgIpc) is 2.41. The summed E-state index contributed by atoms with van der Waals surface area (Å²) >= 11 is 0. The van der Waals surface area contributed by atoms with Crippen LogP contribution in [-0.2, 0) is 14.8 Å². The van der Waals surface area contributed by atoms with Gasteiger partial charge in [0.15, 0.2) is 0 Å². The van der Waals surface area contributed by atoms with Crippen LogP contribution in [0.5, 0.6) is 0 Å². The summed E-state index contributed by atoms with van der Waals surface area (Å²) in [6.07, 6.45) is 1.21. The average molecular weight is 293 g/mol. The molecule has 1 aliphatic heterocycles. The van der Waals surface area contributed by atoms with Crippen LogP contribution in [0.2, 0.25) is 0 Å². The van der Waals surface area contributed by atoms with Crippen LogP contribution >= 0.6 is 0 Å². The molecule has 7 heteroatoms. The molecule has 1 fully saturated rings. The number of hydrogen-bond acceptors (Lipinski definition) is 4. The van der Waals surface area contributed by atoms with Crippen LogP contribution in [0, 0.1) is 18.3 Å².